The number of carbonyl (C=O) groups excluding carboxylic acids is 1. The Morgan fingerprint density at radius 1 is 1.10 bits per heavy atom. The Kier molecular flexibility index (Phi) is 6.22. The Morgan fingerprint density at radius 3 is 2.61 bits per heavy atom. The molecule has 2 heterocycles. The number of ether oxygens (including phenoxy) is 1. The lowest BCUT2D eigenvalue weighted by Gasteiger charge is -2.26. The first-order chi connectivity index (χ1) is 14.9. The van der Waals surface area contributed by atoms with Gasteiger partial charge < -0.3 is 14.6 Å². The van der Waals surface area contributed by atoms with Gasteiger partial charge >= 0.3 is 0 Å². The molecule has 2 aromatic carbocycles. The van der Waals surface area contributed by atoms with Gasteiger partial charge in [-0.1, -0.05) is 24.1 Å². The highest BCUT2D eigenvalue weighted by Gasteiger charge is 2.29. The Hall–Kier alpha value is -2.55. The smallest absolute Gasteiger partial charge is 0.246 e. The number of methoxy groups -OCH3 is 1. The van der Waals surface area contributed by atoms with E-state index in [0.29, 0.717) is 23.8 Å². The first-order valence-electron chi connectivity index (χ1n) is 10.1. The topological polar surface area (TPSA) is 80.6 Å². The van der Waals surface area contributed by atoms with Crippen LogP contribution in [-0.2, 0) is 21.4 Å². The average Bonchev–Trinajstić information content (AvgIpc) is 3.16. The number of piperidine rings is 1. The molecule has 0 unspecified atom stereocenters. The van der Waals surface area contributed by atoms with Gasteiger partial charge in [0.15, 0.2) is 0 Å². The lowest BCUT2D eigenvalue weighted by molar-refractivity contribution is -0.116. The van der Waals surface area contributed by atoms with Gasteiger partial charge in [-0.2, -0.15) is 4.31 Å². The van der Waals surface area contributed by atoms with Crippen molar-refractivity contribution in [2.45, 2.75) is 30.7 Å². The van der Waals surface area contributed by atoms with E-state index in [0.717, 1.165) is 30.2 Å². The molecule has 1 aromatic heterocycles. The van der Waals surface area contributed by atoms with Gasteiger partial charge in [0, 0.05) is 35.5 Å². The van der Waals surface area contributed by atoms with Crippen LogP contribution < -0.4 is 10.1 Å². The summed E-state index contributed by atoms with van der Waals surface area (Å²) in [6.07, 6.45) is 4.53. The third-order valence-electron chi connectivity index (χ3n) is 5.43. The number of sulfonamides is 1. The fourth-order valence-electron chi connectivity index (χ4n) is 3.85. The maximum Gasteiger partial charge on any atom is 0.246 e. The zero-order valence-corrected chi connectivity index (χ0v) is 18.7. The number of aromatic nitrogens is 1. The van der Waals surface area contributed by atoms with Gasteiger partial charge in [0.1, 0.15) is 17.2 Å². The number of anilines is 1. The third-order valence-corrected chi connectivity index (χ3v) is 7.59. The van der Waals surface area contributed by atoms with Gasteiger partial charge in [0.2, 0.25) is 15.9 Å². The number of rotatable bonds is 6. The van der Waals surface area contributed by atoms with Crippen LogP contribution in [0, 0.1) is 0 Å². The summed E-state index contributed by atoms with van der Waals surface area (Å²) in [7, 11) is -2.27. The van der Waals surface area contributed by atoms with Crippen molar-refractivity contribution in [3.8, 4) is 5.75 Å². The summed E-state index contributed by atoms with van der Waals surface area (Å²) in [5, 5.41) is 4.37. The molecule has 1 N–H and O–H groups in total. The van der Waals surface area contributed by atoms with Gasteiger partial charge in [-0.05, 0) is 54.6 Å². The second kappa shape index (κ2) is 8.90. The van der Waals surface area contributed by atoms with Crippen molar-refractivity contribution in [1.82, 2.24) is 8.87 Å². The first-order valence-corrected chi connectivity index (χ1v) is 11.9. The number of nitrogens with one attached hydrogen (secondary N) is 1. The summed E-state index contributed by atoms with van der Waals surface area (Å²) in [4.78, 5) is 12.7. The van der Waals surface area contributed by atoms with Crippen molar-refractivity contribution in [2.24, 2.45) is 0 Å². The highest BCUT2D eigenvalue weighted by Crippen LogP contribution is 2.31. The highest BCUT2D eigenvalue weighted by molar-refractivity contribution is 7.89. The normalized spacial score (nSPS) is 15.2. The van der Waals surface area contributed by atoms with Gasteiger partial charge in [-0.25, -0.2) is 8.42 Å². The highest BCUT2D eigenvalue weighted by atomic mass is 35.5. The van der Waals surface area contributed by atoms with Crippen LogP contribution in [0.2, 0.25) is 5.02 Å². The maximum atomic E-state index is 13.2. The van der Waals surface area contributed by atoms with E-state index in [2.05, 4.69) is 5.32 Å². The van der Waals surface area contributed by atoms with Gasteiger partial charge in [0.05, 0.1) is 7.11 Å². The molecule has 1 fully saturated rings. The number of halogens is 1. The molecular weight excluding hydrogens is 438 g/mol. The molecule has 0 atom stereocenters. The monoisotopic (exact) mass is 461 g/mol. The molecule has 0 radical (unpaired) electrons. The third kappa shape index (κ3) is 4.56. The summed E-state index contributed by atoms with van der Waals surface area (Å²) < 4.78 is 34.9. The lowest BCUT2D eigenvalue weighted by atomic mass is 10.2. The first kappa shape index (κ1) is 21.7. The predicted molar refractivity (Wildman–Crippen MR) is 121 cm³/mol. The molecule has 3 aromatic rings. The van der Waals surface area contributed by atoms with Crippen molar-refractivity contribution >= 4 is 44.1 Å². The number of amides is 1. The second-order valence-electron chi connectivity index (χ2n) is 7.53. The minimum absolute atomic E-state index is 0.0629. The zero-order chi connectivity index (χ0) is 22.0. The van der Waals surface area contributed by atoms with E-state index < -0.39 is 10.0 Å². The van der Waals surface area contributed by atoms with Crippen LogP contribution in [0.1, 0.15) is 19.3 Å². The quantitative estimate of drug-likeness (QED) is 0.598. The van der Waals surface area contributed by atoms with Crippen molar-refractivity contribution in [1.29, 1.82) is 0 Å². The molecule has 1 saturated heterocycles. The van der Waals surface area contributed by atoms with Crippen LogP contribution in [0.25, 0.3) is 10.9 Å². The summed E-state index contributed by atoms with van der Waals surface area (Å²) >= 11 is 6.08. The van der Waals surface area contributed by atoms with Gasteiger partial charge in [-0.3, -0.25) is 4.79 Å². The molecule has 9 heteroatoms. The fraction of sp³-hybridized carbons (Fsp3) is 0.318. The predicted octanol–water partition coefficient (Wildman–Crippen LogP) is 4.12. The van der Waals surface area contributed by atoms with Crippen LogP contribution in [0.5, 0.6) is 5.75 Å². The standard InChI is InChI=1S/C22H24ClN3O4S/c1-30-20-8-7-18(14-21(20)31(28,29)26-10-3-2-4-11-26)24-22(27)15-25-12-9-16-5-6-17(23)13-19(16)25/h5-9,12-14H,2-4,10-11,15H2,1H3,(H,24,27). The molecule has 0 aliphatic carbocycles. The van der Waals surface area contributed by atoms with E-state index in [1.165, 1.54) is 17.5 Å². The Labute approximate surface area is 186 Å². The molecular formula is C22H24ClN3O4S. The average molecular weight is 462 g/mol. The molecule has 164 valence electrons. The summed E-state index contributed by atoms with van der Waals surface area (Å²) in [6.45, 7) is 1.06. The van der Waals surface area contributed by atoms with E-state index in [9.17, 15) is 13.2 Å². The largest absolute Gasteiger partial charge is 0.495 e. The second-order valence-corrected chi connectivity index (χ2v) is 9.87. The Bertz CT molecular complexity index is 1220. The molecule has 0 saturated carbocycles. The molecule has 4 rings (SSSR count). The lowest BCUT2D eigenvalue weighted by Crippen LogP contribution is -2.35. The molecule has 7 nitrogen and oxygen atoms in total. The molecule has 31 heavy (non-hydrogen) atoms. The van der Waals surface area contributed by atoms with Gasteiger partial charge in [0.25, 0.3) is 0 Å². The number of fused-ring (bicyclic) bond motifs is 1. The van der Waals surface area contributed by atoms with E-state index in [4.69, 9.17) is 16.3 Å². The number of hydrogen-bond acceptors (Lipinski definition) is 4. The van der Waals surface area contributed by atoms with Crippen LogP contribution in [0.4, 0.5) is 5.69 Å². The SMILES string of the molecule is COc1ccc(NC(=O)Cn2ccc3ccc(Cl)cc32)cc1S(=O)(=O)N1CCCCC1. The maximum absolute atomic E-state index is 13.2. The Morgan fingerprint density at radius 2 is 1.87 bits per heavy atom. The van der Waals surface area contributed by atoms with Crippen molar-refractivity contribution in [2.75, 3.05) is 25.5 Å². The number of hydrogen-bond donors (Lipinski definition) is 1. The molecule has 0 bridgehead atoms. The fourth-order valence-corrected chi connectivity index (χ4v) is 5.72. The van der Waals surface area contributed by atoms with Crippen LogP contribution in [0.15, 0.2) is 53.6 Å². The molecule has 0 spiro atoms. The van der Waals surface area contributed by atoms with Crippen LogP contribution in [0.3, 0.4) is 0 Å². The molecule has 1 aliphatic rings. The van der Waals surface area contributed by atoms with Crippen molar-refractivity contribution in [3.05, 3.63) is 53.7 Å². The van der Waals surface area contributed by atoms with Crippen molar-refractivity contribution < 1.29 is 17.9 Å². The Balaban J connectivity index is 1.56. The van der Waals surface area contributed by atoms with Crippen molar-refractivity contribution in [3.63, 3.8) is 0 Å². The summed E-state index contributed by atoms with van der Waals surface area (Å²) in [5.74, 6) is -0.0152. The summed E-state index contributed by atoms with van der Waals surface area (Å²) in [5.41, 5.74) is 1.25. The van der Waals surface area contributed by atoms with Crippen LogP contribution in [-0.4, -0.2) is 43.4 Å². The molecule has 1 aliphatic heterocycles. The van der Waals surface area contributed by atoms with Gasteiger partial charge in [-0.15, -0.1) is 0 Å². The van der Waals surface area contributed by atoms with E-state index in [1.807, 2.05) is 18.3 Å². The molecule has 1 amide bonds. The summed E-state index contributed by atoms with van der Waals surface area (Å²) in [6, 6.07) is 12.1. The number of benzene rings is 2. The minimum atomic E-state index is -3.71. The number of nitrogens with zero attached hydrogens (tertiary/aromatic N) is 2. The van der Waals surface area contributed by atoms with E-state index in [1.54, 1.807) is 28.8 Å². The van der Waals surface area contributed by atoms with Crippen LogP contribution >= 0.6 is 11.6 Å². The van der Waals surface area contributed by atoms with E-state index >= 15 is 0 Å². The number of carbonyl (C=O) groups is 1. The van der Waals surface area contributed by atoms with E-state index in [-0.39, 0.29) is 23.1 Å². The minimum Gasteiger partial charge on any atom is -0.495 e. The zero-order valence-electron chi connectivity index (χ0n) is 17.2.